The monoisotopic (exact) mass is 347 g/mol. The molecule has 1 atom stereocenters. The second-order valence-electron chi connectivity index (χ2n) is 8.15. The van der Waals surface area contributed by atoms with E-state index in [1.807, 2.05) is 25.0 Å². The molecule has 25 heavy (non-hydrogen) atoms. The van der Waals surface area contributed by atoms with Crippen molar-refractivity contribution in [1.29, 1.82) is 0 Å². The summed E-state index contributed by atoms with van der Waals surface area (Å²) in [5.74, 6) is 1.19. The molecule has 3 rings (SSSR count). The molecule has 0 unspecified atom stereocenters. The van der Waals surface area contributed by atoms with Crippen LogP contribution in [-0.2, 0) is 17.9 Å². The first-order valence-corrected chi connectivity index (χ1v) is 9.94. The van der Waals surface area contributed by atoms with Crippen molar-refractivity contribution in [2.45, 2.75) is 64.5 Å². The van der Waals surface area contributed by atoms with Crippen LogP contribution < -0.4 is 0 Å². The zero-order valence-corrected chi connectivity index (χ0v) is 15.9. The first-order valence-electron chi connectivity index (χ1n) is 9.94. The first kappa shape index (κ1) is 18.4. The zero-order valence-electron chi connectivity index (χ0n) is 15.9. The van der Waals surface area contributed by atoms with Crippen LogP contribution >= 0.6 is 0 Å². The Balaban J connectivity index is 1.53. The Morgan fingerprint density at radius 3 is 2.64 bits per heavy atom. The van der Waals surface area contributed by atoms with Crippen molar-refractivity contribution in [3.05, 3.63) is 11.9 Å². The maximum absolute atomic E-state index is 12.9. The average molecular weight is 348 g/mol. The van der Waals surface area contributed by atoms with Crippen molar-refractivity contribution >= 4 is 5.91 Å². The fourth-order valence-corrected chi connectivity index (χ4v) is 4.29. The number of likely N-dealkylation sites (tertiary alicyclic amines) is 1. The molecule has 6 nitrogen and oxygen atoms in total. The average Bonchev–Trinajstić information content (AvgIpc) is 2.85. The molecule has 0 radical (unpaired) electrons. The van der Waals surface area contributed by atoms with Crippen LogP contribution in [-0.4, -0.2) is 57.9 Å². The number of carbonyl (C=O) groups is 1. The third kappa shape index (κ3) is 5.27. The lowest BCUT2D eigenvalue weighted by Gasteiger charge is -2.34. The summed E-state index contributed by atoms with van der Waals surface area (Å²) in [4.78, 5) is 17.2. The number of nitrogens with zero attached hydrogens (tertiary/aromatic N) is 5. The minimum atomic E-state index is 0.277. The van der Waals surface area contributed by atoms with Gasteiger partial charge in [0, 0.05) is 38.3 Å². The van der Waals surface area contributed by atoms with E-state index in [0.29, 0.717) is 11.8 Å². The maximum atomic E-state index is 12.9. The Bertz CT molecular complexity index is 548. The summed E-state index contributed by atoms with van der Waals surface area (Å²) < 4.78 is 1.96. The Morgan fingerprint density at radius 1 is 1.16 bits per heavy atom. The summed E-state index contributed by atoms with van der Waals surface area (Å²) in [7, 11) is 4.08. The van der Waals surface area contributed by atoms with Crippen LogP contribution in [0.1, 0.15) is 57.1 Å². The molecule has 0 bridgehead atoms. The lowest BCUT2D eigenvalue weighted by molar-refractivity contribution is -0.138. The van der Waals surface area contributed by atoms with Crippen LogP contribution in [0.15, 0.2) is 6.20 Å². The zero-order chi connectivity index (χ0) is 17.6. The fourth-order valence-electron chi connectivity index (χ4n) is 4.29. The quantitative estimate of drug-likeness (QED) is 0.768. The van der Waals surface area contributed by atoms with Crippen LogP contribution in [0, 0.1) is 11.8 Å². The van der Waals surface area contributed by atoms with Gasteiger partial charge in [-0.25, -0.2) is 0 Å². The molecule has 1 aromatic rings. The highest BCUT2D eigenvalue weighted by molar-refractivity contribution is 5.79. The Kier molecular flexibility index (Phi) is 6.45. The van der Waals surface area contributed by atoms with Crippen LogP contribution in [0.25, 0.3) is 0 Å². The van der Waals surface area contributed by atoms with Gasteiger partial charge in [0.2, 0.25) is 5.91 Å². The van der Waals surface area contributed by atoms with Gasteiger partial charge < -0.3 is 9.80 Å². The molecule has 6 heteroatoms. The smallest absolute Gasteiger partial charge is 0.225 e. The van der Waals surface area contributed by atoms with E-state index in [1.54, 1.807) is 0 Å². The minimum absolute atomic E-state index is 0.277. The van der Waals surface area contributed by atoms with Crippen LogP contribution in [0.4, 0.5) is 0 Å². The van der Waals surface area contributed by atoms with Gasteiger partial charge in [-0.1, -0.05) is 30.9 Å². The van der Waals surface area contributed by atoms with Gasteiger partial charge in [-0.05, 0) is 45.7 Å². The molecular weight excluding hydrogens is 314 g/mol. The van der Waals surface area contributed by atoms with Gasteiger partial charge in [0.25, 0.3) is 0 Å². The van der Waals surface area contributed by atoms with Gasteiger partial charge in [-0.2, -0.15) is 0 Å². The van der Waals surface area contributed by atoms with E-state index >= 15 is 0 Å². The van der Waals surface area contributed by atoms with Gasteiger partial charge >= 0.3 is 0 Å². The number of hydrogen-bond donors (Lipinski definition) is 0. The Morgan fingerprint density at radius 2 is 1.92 bits per heavy atom. The molecule has 2 aliphatic rings. The van der Waals surface area contributed by atoms with Crippen molar-refractivity contribution in [1.82, 2.24) is 24.8 Å². The van der Waals surface area contributed by atoms with Crippen molar-refractivity contribution in [3.63, 3.8) is 0 Å². The summed E-state index contributed by atoms with van der Waals surface area (Å²) in [6, 6.07) is 0. The number of carbonyl (C=O) groups excluding carboxylic acids is 1. The predicted molar refractivity (Wildman–Crippen MR) is 97.9 cm³/mol. The molecule has 1 aromatic heterocycles. The Hall–Kier alpha value is -1.43. The lowest BCUT2D eigenvalue weighted by Crippen LogP contribution is -2.44. The number of hydrogen-bond acceptors (Lipinski definition) is 4. The SMILES string of the molecule is CN(C)Cc1cn(C[C@H]2CCCN(C(=O)C3CCCCCC3)C2)nn1. The summed E-state index contributed by atoms with van der Waals surface area (Å²) >= 11 is 0. The van der Waals surface area contributed by atoms with Crippen molar-refractivity contribution in [2.75, 3.05) is 27.2 Å². The molecule has 2 heterocycles. The van der Waals surface area contributed by atoms with Gasteiger partial charge in [-0.3, -0.25) is 9.48 Å². The molecule has 1 aliphatic carbocycles. The summed E-state index contributed by atoms with van der Waals surface area (Å²) in [5, 5.41) is 8.52. The third-order valence-electron chi connectivity index (χ3n) is 5.54. The molecule has 1 aliphatic heterocycles. The van der Waals surface area contributed by atoms with Gasteiger partial charge in [0.05, 0.1) is 5.69 Å². The first-order chi connectivity index (χ1) is 12.1. The Labute approximate surface area is 151 Å². The topological polar surface area (TPSA) is 54.3 Å². The van der Waals surface area contributed by atoms with E-state index < -0.39 is 0 Å². The normalized spacial score (nSPS) is 23.0. The predicted octanol–water partition coefficient (Wildman–Crippen LogP) is 2.55. The van der Waals surface area contributed by atoms with E-state index in [1.165, 1.54) is 32.1 Å². The number of rotatable bonds is 5. The van der Waals surface area contributed by atoms with E-state index in [9.17, 15) is 4.79 Å². The number of piperidine rings is 1. The molecule has 1 saturated carbocycles. The van der Waals surface area contributed by atoms with E-state index in [-0.39, 0.29) is 5.92 Å². The number of amides is 1. The molecule has 1 amide bonds. The summed E-state index contributed by atoms with van der Waals surface area (Å²) in [6.07, 6.45) is 11.6. The van der Waals surface area contributed by atoms with Gasteiger partial charge in [-0.15, -0.1) is 5.10 Å². The number of aromatic nitrogens is 3. The second kappa shape index (κ2) is 8.79. The molecule has 0 N–H and O–H groups in total. The van der Waals surface area contributed by atoms with E-state index in [4.69, 9.17) is 0 Å². The summed E-state index contributed by atoms with van der Waals surface area (Å²) in [6.45, 7) is 3.51. The molecular formula is C19H33N5O. The van der Waals surface area contributed by atoms with Crippen LogP contribution in [0.2, 0.25) is 0 Å². The third-order valence-corrected chi connectivity index (χ3v) is 5.54. The van der Waals surface area contributed by atoms with Crippen LogP contribution in [0.3, 0.4) is 0 Å². The second-order valence-corrected chi connectivity index (χ2v) is 8.15. The van der Waals surface area contributed by atoms with Crippen molar-refractivity contribution in [3.8, 4) is 0 Å². The molecule has 140 valence electrons. The standard InChI is InChI=1S/C19H33N5O/c1-22(2)14-18-15-24(21-20-18)13-16-8-7-11-23(12-16)19(25)17-9-5-3-4-6-10-17/h15-17H,3-14H2,1-2H3/t16-/m0/s1. The molecule has 2 fully saturated rings. The highest BCUT2D eigenvalue weighted by Gasteiger charge is 2.29. The lowest BCUT2D eigenvalue weighted by atomic mass is 9.94. The highest BCUT2D eigenvalue weighted by Crippen LogP contribution is 2.27. The fraction of sp³-hybridized carbons (Fsp3) is 0.842. The van der Waals surface area contributed by atoms with E-state index in [0.717, 1.165) is 51.1 Å². The molecule has 0 aromatic carbocycles. The van der Waals surface area contributed by atoms with Crippen LogP contribution in [0.5, 0.6) is 0 Å². The highest BCUT2D eigenvalue weighted by atomic mass is 16.2. The van der Waals surface area contributed by atoms with Gasteiger partial charge in [0.1, 0.15) is 0 Å². The summed E-state index contributed by atoms with van der Waals surface area (Å²) in [5.41, 5.74) is 1.01. The largest absolute Gasteiger partial charge is 0.342 e. The molecule has 1 saturated heterocycles. The molecule has 0 spiro atoms. The van der Waals surface area contributed by atoms with Crippen molar-refractivity contribution < 1.29 is 4.79 Å². The van der Waals surface area contributed by atoms with Crippen molar-refractivity contribution in [2.24, 2.45) is 11.8 Å². The van der Waals surface area contributed by atoms with Gasteiger partial charge in [0.15, 0.2) is 0 Å². The minimum Gasteiger partial charge on any atom is -0.342 e. The maximum Gasteiger partial charge on any atom is 0.225 e. The van der Waals surface area contributed by atoms with E-state index in [2.05, 4.69) is 20.1 Å².